The minimum atomic E-state index is -0.228. The van der Waals surface area contributed by atoms with E-state index in [0.29, 0.717) is 12.3 Å². The van der Waals surface area contributed by atoms with Gasteiger partial charge in [-0.2, -0.15) is 0 Å². The maximum Gasteiger partial charge on any atom is 0.224 e. The van der Waals surface area contributed by atoms with E-state index in [1.165, 1.54) is 18.8 Å². The van der Waals surface area contributed by atoms with Crippen molar-refractivity contribution in [3.8, 4) is 0 Å². The fourth-order valence-electron chi connectivity index (χ4n) is 6.75. The molecule has 0 aromatic rings. The molecule has 4 rings (SSSR count). The molecule has 0 N–H and O–H groups in total. The molecular weight excluding hydrogens is 312 g/mol. The molecule has 3 heteroatoms. The lowest BCUT2D eigenvalue weighted by Crippen LogP contribution is -2.58. The summed E-state index contributed by atoms with van der Waals surface area (Å²) in [4.78, 5) is 26.2. The lowest BCUT2D eigenvalue weighted by Gasteiger charge is -2.64. The third kappa shape index (κ3) is 1.68. The summed E-state index contributed by atoms with van der Waals surface area (Å²) in [6.07, 6.45) is 8.69. The zero-order valence-corrected chi connectivity index (χ0v) is 16.0. The Bertz CT molecular complexity index is 783. The Morgan fingerprint density at radius 2 is 1.92 bits per heavy atom. The highest BCUT2D eigenvalue weighted by atomic mass is 16.5. The zero-order valence-electron chi connectivity index (χ0n) is 16.0. The zero-order chi connectivity index (χ0) is 18.2. The first-order valence-electron chi connectivity index (χ1n) is 9.48. The van der Waals surface area contributed by atoms with Crippen LogP contribution in [0.4, 0.5) is 0 Å². The molecule has 0 bridgehead atoms. The van der Waals surface area contributed by atoms with Gasteiger partial charge in [0.1, 0.15) is 0 Å². The maximum absolute atomic E-state index is 13.2. The largest absolute Gasteiger partial charge is 0.493 e. The van der Waals surface area contributed by atoms with Crippen molar-refractivity contribution < 1.29 is 14.3 Å². The van der Waals surface area contributed by atoms with Gasteiger partial charge in [0.15, 0.2) is 11.5 Å². The number of allylic oxidation sites excluding steroid dienone is 5. The van der Waals surface area contributed by atoms with Gasteiger partial charge in [-0.1, -0.05) is 32.4 Å². The molecular formula is C22H28O3. The summed E-state index contributed by atoms with van der Waals surface area (Å²) >= 11 is 0. The summed E-state index contributed by atoms with van der Waals surface area (Å²) in [6.45, 7) is 9.21. The summed E-state index contributed by atoms with van der Waals surface area (Å²) < 4.78 is 5.22. The van der Waals surface area contributed by atoms with Crippen LogP contribution < -0.4 is 0 Å². The van der Waals surface area contributed by atoms with Gasteiger partial charge < -0.3 is 4.74 Å². The monoisotopic (exact) mass is 340 g/mol. The molecule has 1 spiro atoms. The number of ether oxygens (including phenoxy) is 1. The summed E-state index contributed by atoms with van der Waals surface area (Å²) in [5, 5.41) is 0. The first-order chi connectivity index (χ1) is 11.7. The van der Waals surface area contributed by atoms with E-state index in [0.717, 1.165) is 36.8 Å². The van der Waals surface area contributed by atoms with Gasteiger partial charge in [-0.05, 0) is 55.8 Å². The van der Waals surface area contributed by atoms with Crippen LogP contribution in [0.2, 0.25) is 0 Å². The molecule has 0 unspecified atom stereocenters. The Balaban J connectivity index is 2.01. The molecule has 134 valence electrons. The van der Waals surface area contributed by atoms with Gasteiger partial charge in [0.2, 0.25) is 5.78 Å². The molecule has 0 radical (unpaired) electrons. The first-order valence-corrected chi connectivity index (χ1v) is 9.48. The van der Waals surface area contributed by atoms with Crippen LogP contribution in [0.1, 0.15) is 59.8 Å². The molecule has 0 saturated heterocycles. The highest BCUT2D eigenvalue weighted by molar-refractivity contribution is 6.23. The summed E-state index contributed by atoms with van der Waals surface area (Å²) in [7, 11) is 1.48. The molecule has 0 heterocycles. The van der Waals surface area contributed by atoms with Crippen LogP contribution in [0.25, 0.3) is 0 Å². The van der Waals surface area contributed by atoms with E-state index in [1.807, 2.05) is 0 Å². The molecule has 4 aliphatic carbocycles. The normalized spacial score (nSPS) is 43.2. The van der Waals surface area contributed by atoms with Gasteiger partial charge in [-0.15, -0.1) is 0 Å². The van der Waals surface area contributed by atoms with Gasteiger partial charge in [0.05, 0.1) is 7.11 Å². The molecule has 0 aliphatic heterocycles. The highest BCUT2D eigenvalue weighted by Gasteiger charge is 2.70. The lowest BCUT2D eigenvalue weighted by molar-refractivity contribution is -0.124. The average molecular weight is 340 g/mol. The van der Waals surface area contributed by atoms with E-state index in [2.05, 4.69) is 33.8 Å². The molecule has 0 aromatic heterocycles. The van der Waals surface area contributed by atoms with E-state index >= 15 is 0 Å². The average Bonchev–Trinajstić information content (AvgIpc) is 2.86. The summed E-state index contributed by atoms with van der Waals surface area (Å²) in [5.41, 5.74) is 2.63. The fourth-order valence-corrected chi connectivity index (χ4v) is 6.75. The highest BCUT2D eigenvalue weighted by Crippen LogP contribution is 2.76. The van der Waals surface area contributed by atoms with Crippen molar-refractivity contribution in [2.24, 2.45) is 22.2 Å². The quantitative estimate of drug-likeness (QED) is 0.520. The Labute approximate surface area is 150 Å². The van der Waals surface area contributed by atoms with Crippen molar-refractivity contribution in [3.05, 3.63) is 34.6 Å². The van der Waals surface area contributed by atoms with E-state index < -0.39 is 0 Å². The first kappa shape index (κ1) is 16.8. The van der Waals surface area contributed by atoms with Gasteiger partial charge in [-0.25, -0.2) is 0 Å². The topological polar surface area (TPSA) is 43.4 Å². The van der Waals surface area contributed by atoms with Crippen LogP contribution in [0.15, 0.2) is 34.6 Å². The van der Waals surface area contributed by atoms with Crippen LogP contribution in [-0.2, 0) is 14.3 Å². The number of carbonyl (C=O) groups is 2. The fraction of sp³-hybridized carbons (Fsp3) is 0.636. The third-order valence-corrected chi connectivity index (χ3v) is 8.42. The number of methoxy groups -OCH3 is 1. The van der Waals surface area contributed by atoms with Crippen molar-refractivity contribution in [2.75, 3.05) is 7.11 Å². The molecule has 3 nitrogen and oxygen atoms in total. The van der Waals surface area contributed by atoms with E-state index in [4.69, 9.17) is 4.74 Å². The Hall–Kier alpha value is -1.64. The molecule has 4 aliphatic rings. The molecule has 1 fully saturated rings. The van der Waals surface area contributed by atoms with Crippen LogP contribution in [0, 0.1) is 22.2 Å². The molecule has 0 amide bonds. The number of carbonyl (C=O) groups excluding carboxylic acids is 2. The van der Waals surface area contributed by atoms with Gasteiger partial charge in [0.25, 0.3) is 0 Å². The van der Waals surface area contributed by atoms with Crippen molar-refractivity contribution in [3.63, 3.8) is 0 Å². The number of hydrogen-bond acceptors (Lipinski definition) is 3. The molecule has 0 aromatic carbocycles. The van der Waals surface area contributed by atoms with Gasteiger partial charge >= 0.3 is 0 Å². The SMILES string of the molecule is COC1=CC(=O)C2=C(C[C@]3(C)[C@@H](C)CC[C@@]4(C)C(C)=CCC[C@]243)C1=O. The van der Waals surface area contributed by atoms with Crippen molar-refractivity contribution in [1.29, 1.82) is 0 Å². The minimum absolute atomic E-state index is 0.00481. The minimum Gasteiger partial charge on any atom is -0.493 e. The van der Waals surface area contributed by atoms with E-state index in [-0.39, 0.29) is 33.6 Å². The van der Waals surface area contributed by atoms with Crippen molar-refractivity contribution >= 4 is 11.6 Å². The number of Topliss-reactive ketones (excluding diaryl/α,β-unsaturated/α-hetero) is 1. The number of rotatable bonds is 1. The molecule has 25 heavy (non-hydrogen) atoms. The smallest absolute Gasteiger partial charge is 0.224 e. The van der Waals surface area contributed by atoms with Crippen LogP contribution in [0.3, 0.4) is 0 Å². The predicted molar refractivity (Wildman–Crippen MR) is 96.8 cm³/mol. The van der Waals surface area contributed by atoms with Gasteiger partial charge in [-0.3, -0.25) is 9.59 Å². The Kier molecular flexibility index (Phi) is 3.33. The van der Waals surface area contributed by atoms with Crippen LogP contribution in [-0.4, -0.2) is 18.7 Å². The predicted octanol–water partition coefficient (Wildman–Crippen LogP) is 4.54. The Morgan fingerprint density at radius 3 is 2.60 bits per heavy atom. The number of hydrogen-bond donors (Lipinski definition) is 0. The third-order valence-electron chi connectivity index (χ3n) is 8.42. The molecule has 1 saturated carbocycles. The van der Waals surface area contributed by atoms with Crippen molar-refractivity contribution in [2.45, 2.75) is 59.8 Å². The lowest BCUT2D eigenvalue weighted by atomic mass is 9.39. The second-order valence-corrected chi connectivity index (χ2v) is 8.96. The van der Waals surface area contributed by atoms with E-state index in [1.54, 1.807) is 0 Å². The Morgan fingerprint density at radius 1 is 1.20 bits per heavy atom. The summed E-state index contributed by atoms with van der Waals surface area (Å²) in [5.74, 6) is 0.637. The summed E-state index contributed by atoms with van der Waals surface area (Å²) in [6, 6.07) is 0. The maximum atomic E-state index is 13.2. The standard InChI is InChI=1S/C22H28O3/c1-13-7-6-9-22-18-15(19(24)17(25-5)11-16(18)23)12-21(22,4)14(2)8-10-20(13,22)3/h7,11,14H,6,8-10,12H2,1-5H3/t14-,20-,21+,22-/m0/s1. The number of ketones is 2. The van der Waals surface area contributed by atoms with Crippen LogP contribution in [0.5, 0.6) is 0 Å². The second kappa shape index (κ2) is 4.96. The van der Waals surface area contributed by atoms with Gasteiger partial charge in [0, 0.05) is 22.6 Å². The second-order valence-electron chi connectivity index (χ2n) is 8.96. The van der Waals surface area contributed by atoms with Crippen LogP contribution >= 0.6 is 0 Å². The molecule has 4 atom stereocenters. The van der Waals surface area contributed by atoms with E-state index in [9.17, 15) is 9.59 Å². The van der Waals surface area contributed by atoms with Crippen molar-refractivity contribution in [1.82, 2.24) is 0 Å².